The molecular formula is C27H28N2O6. The zero-order valence-electron chi connectivity index (χ0n) is 19.3. The molecule has 2 aliphatic carbocycles. The molecule has 3 aliphatic heterocycles. The highest BCUT2D eigenvalue weighted by Gasteiger charge is 2.64. The fourth-order valence-corrected chi connectivity index (χ4v) is 6.40. The molecule has 0 spiro atoms. The molecule has 2 atom stereocenters. The topological polar surface area (TPSA) is 105 Å². The predicted octanol–water partition coefficient (Wildman–Crippen LogP) is 3.01. The van der Waals surface area contributed by atoms with E-state index in [-0.39, 0.29) is 36.8 Å². The van der Waals surface area contributed by atoms with Gasteiger partial charge in [0.25, 0.3) is 5.91 Å². The van der Waals surface area contributed by atoms with E-state index in [0.717, 1.165) is 11.1 Å². The zero-order valence-corrected chi connectivity index (χ0v) is 19.3. The normalized spacial score (nSPS) is 28.2. The summed E-state index contributed by atoms with van der Waals surface area (Å²) in [6.07, 6.45) is 0.388. The van der Waals surface area contributed by atoms with Crippen molar-refractivity contribution in [3.05, 3.63) is 59.7 Å². The number of ether oxygens (including phenoxy) is 2. The highest BCUT2D eigenvalue weighted by atomic mass is 16.5. The van der Waals surface area contributed by atoms with Gasteiger partial charge in [-0.25, -0.2) is 9.59 Å². The van der Waals surface area contributed by atoms with Crippen molar-refractivity contribution in [2.75, 3.05) is 26.3 Å². The van der Waals surface area contributed by atoms with Crippen LogP contribution in [-0.2, 0) is 19.1 Å². The number of hydrogen-bond donors (Lipinski definition) is 2. The largest absolute Gasteiger partial charge is 0.479 e. The highest BCUT2D eigenvalue weighted by molar-refractivity contribution is 5.91. The molecule has 2 aromatic carbocycles. The number of alkyl carbamates (subject to hydrolysis) is 1. The summed E-state index contributed by atoms with van der Waals surface area (Å²) in [5, 5.41) is 12.5. The molecule has 8 heteroatoms. The Morgan fingerprint density at radius 1 is 1.06 bits per heavy atom. The Kier molecular flexibility index (Phi) is 5.29. The lowest BCUT2D eigenvalue weighted by Gasteiger charge is -2.39. The van der Waals surface area contributed by atoms with E-state index in [1.165, 1.54) is 16.0 Å². The maximum atomic E-state index is 13.2. The number of nitrogens with one attached hydrogen (secondary N) is 1. The fraction of sp³-hybridized carbons (Fsp3) is 0.444. The number of benzene rings is 2. The molecule has 7 rings (SSSR count). The van der Waals surface area contributed by atoms with E-state index in [4.69, 9.17) is 9.47 Å². The van der Waals surface area contributed by atoms with Gasteiger partial charge in [-0.15, -0.1) is 0 Å². The van der Waals surface area contributed by atoms with Crippen molar-refractivity contribution in [3.63, 3.8) is 0 Å². The molecule has 0 unspecified atom stereocenters. The van der Waals surface area contributed by atoms with E-state index >= 15 is 0 Å². The second-order valence-electron chi connectivity index (χ2n) is 10.1. The number of carboxylic acid groups (broad SMARTS) is 1. The number of fused-ring (bicyclic) bond motifs is 4. The van der Waals surface area contributed by atoms with Crippen molar-refractivity contribution in [1.82, 2.24) is 10.2 Å². The lowest BCUT2D eigenvalue weighted by Crippen LogP contribution is -2.57. The van der Waals surface area contributed by atoms with Crippen LogP contribution in [0.3, 0.4) is 0 Å². The first-order chi connectivity index (χ1) is 17.0. The van der Waals surface area contributed by atoms with Crippen molar-refractivity contribution in [3.8, 4) is 11.1 Å². The lowest BCUT2D eigenvalue weighted by molar-refractivity contribution is -0.162. The molecule has 5 aliphatic rings. The molecule has 0 aromatic heterocycles. The lowest BCUT2D eigenvalue weighted by atomic mass is 9.73. The van der Waals surface area contributed by atoms with Crippen molar-refractivity contribution in [1.29, 1.82) is 0 Å². The van der Waals surface area contributed by atoms with Gasteiger partial charge in [-0.2, -0.15) is 0 Å². The Balaban J connectivity index is 1.06. The van der Waals surface area contributed by atoms with Crippen molar-refractivity contribution in [2.45, 2.75) is 36.8 Å². The second kappa shape index (κ2) is 8.37. The van der Waals surface area contributed by atoms with Gasteiger partial charge in [0, 0.05) is 31.5 Å². The SMILES string of the molecule is O=C(NC[C@@H]1CCO[C@@H]1C(=O)N1CC2CC1(C(=O)O)C2)OCC1c2ccccc2-c2ccccc21. The van der Waals surface area contributed by atoms with Gasteiger partial charge < -0.3 is 24.8 Å². The van der Waals surface area contributed by atoms with E-state index in [1.807, 2.05) is 24.3 Å². The van der Waals surface area contributed by atoms with E-state index < -0.39 is 23.7 Å². The van der Waals surface area contributed by atoms with Crippen LogP contribution in [0.4, 0.5) is 4.79 Å². The number of carboxylic acids is 1. The Bertz CT molecular complexity index is 1140. The molecule has 182 valence electrons. The molecule has 3 saturated heterocycles. The maximum absolute atomic E-state index is 13.2. The van der Waals surface area contributed by atoms with Crippen LogP contribution in [0.1, 0.15) is 36.3 Å². The first-order valence-corrected chi connectivity index (χ1v) is 12.2. The minimum absolute atomic E-state index is 0.0221. The van der Waals surface area contributed by atoms with E-state index in [0.29, 0.717) is 32.4 Å². The minimum Gasteiger partial charge on any atom is -0.479 e. The molecule has 1 saturated carbocycles. The monoisotopic (exact) mass is 476 g/mol. The summed E-state index contributed by atoms with van der Waals surface area (Å²) in [6.45, 7) is 1.34. The van der Waals surface area contributed by atoms with E-state index in [9.17, 15) is 19.5 Å². The van der Waals surface area contributed by atoms with Crippen LogP contribution in [0.25, 0.3) is 11.1 Å². The summed E-state index contributed by atoms with van der Waals surface area (Å²) in [5.41, 5.74) is 3.56. The Labute approximate surface area is 203 Å². The predicted molar refractivity (Wildman–Crippen MR) is 126 cm³/mol. The van der Waals surface area contributed by atoms with Gasteiger partial charge in [0.2, 0.25) is 0 Å². The molecule has 3 heterocycles. The van der Waals surface area contributed by atoms with Gasteiger partial charge in [0.15, 0.2) is 0 Å². The van der Waals surface area contributed by atoms with Crippen molar-refractivity contribution >= 4 is 18.0 Å². The van der Waals surface area contributed by atoms with Crippen LogP contribution in [0.2, 0.25) is 0 Å². The van der Waals surface area contributed by atoms with Gasteiger partial charge in [-0.05, 0) is 47.4 Å². The van der Waals surface area contributed by atoms with Crippen LogP contribution >= 0.6 is 0 Å². The Morgan fingerprint density at radius 3 is 2.37 bits per heavy atom. The summed E-state index contributed by atoms with van der Waals surface area (Å²) in [5.74, 6) is -1.19. The van der Waals surface area contributed by atoms with Crippen molar-refractivity contribution < 1.29 is 29.0 Å². The standard InChI is InChI=1S/C27H28N2O6/c30-24(29-14-16-11-27(29,12-16)25(31)32)23-17(9-10-34-23)13-28-26(33)35-15-22-20-7-3-1-5-18(20)19-6-2-4-8-21(19)22/h1-8,16-17,22-23H,9-15H2,(H,28,33)(H,31,32)/t16?,17-,23-,27?/m0/s1. The third-order valence-electron chi connectivity index (χ3n) is 8.18. The summed E-state index contributed by atoms with van der Waals surface area (Å²) in [4.78, 5) is 39.1. The average Bonchev–Trinajstić information content (AvgIpc) is 3.61. The zero-order chi connectivity index (χ0) is 24.2. The van der Waals surface area contributed by atoms with Crippen LogP contribution in [0.15, 0.2) is 48.5 Å². The minimum atomic E-state index is -1.07. The van der Waals surface area contributed by atoms with Crippen LogP contribution in [0.5, 0.6) is 0 Å². The molecule has 8 nitrogen and oxygen atoms in total. The van der Waals surface area contributed by atoms with E-state index in [1.54, 1.807) is 0 Å². The summed E-state index contributed by atoms with van der Waals surface area (Å²) >= 11 is 0. The van der Waals surface area contributed by atoms with Crippen LogP contribution < -0.4 is 5.32 Å². The van der Waals surface area contributed by atoms with Gasteiger partial charge in [0.05, 0.1) is 0 Å². The van der Waals surface area contributed by atoms with Crippen molar-refractivity contribution in [2.24, 2.45) is 11.8 Å². The summed E-state index contributed by atoms with van der Waals surface area (Å²) < 4.78 is 11.3. The number of rotatable bonds is 6. The number of aliphatic carboxylic acids is 1. The number of carbonyl (C=O) groups excluding carboxylic acids is 2. The number of hydrogen-bond acceptors (Lipinski definition) is 5. The third-order valence-corrected chi connectivity index (χ3v) is 8.18. The second-order valence-corrected chi connectivity index (χ2v) is 10.1. The molecule has 35 heavy (non-hydrogen) atoms. The molecule has 2 aromatic rings. The number of carbonyl (C=O) groups is 3. The molecule has 2 amide bonds. The quantitative estimate of drug-likeness (QED) is 0.664. The first-order valence-electron chi connectivity index (χ1n) is 12.2. The fourth-order valence-electron chi connectivity index (χ4n) is 6.40. The smallest absolute Gasteiger partial charge is 0.407 e. The average molecular weight is 477 g/mol. The number of nitrogens with zero attached hydrogens (tertiary/aromatic N) is 1. The number of amides is 2. The van der Waals surface area contributed by atoms with Crippen LogP contribution in [-0.4, -0.2) is 65.9 Å². The summed E-state index contributed by atoms with van der Waals surface area (Å²) in [6, 6.07) is 16.3. The maximum Gasteiger partial charge on any atom is 0.407 e. The highest BCUT2D eigenvalue weighted by Crippen LogP contribution is 2.51. The molecular weight excluding hydrogens is 448 g/mol. The van der Waals surface area contributed by atoms with Crippen LogP contribution in [0, 0.1) is 11.8 Å². The third kappa shape index (κ3) is 3.50. The van der Waals surface area contributed by atoms with Gasteiger partial charge >= 0.3 is 12.1 Å². The molecule has 0 radical (unpaired) electrons. The van der Waals surface area contributed by atoms with E-state index in [2.05, 4.69) is 29.6 Å². The molecule has 2 N–H and O–H groups in total. The summed E-state index contributed by atoms with van der Waals surface area (Å²) in [7, 11) is 0. The van der Waals surface area contributed by atoms with Gasteiger partial charge in [0.1, 0.15) is 18.2 Å². The van der Waals surface area contributed by atoms with Gasteiger partial charge in [-0.1, -0.05) is 48.5 Å². The van der Waals surface area contributed by atoms with Gasteiger partial charge in [-0.3, -0.25) is 4.79 Å². The Hall–Kier alpha value is -3.39. The first kappa shape index (κ1) is 22.1. The Morgan fingerprint density at radius 2 is 1.71 bits per heavy atom. The molecule has 2 bridgehead atoms. The molecule has 4 fully saturated rings.